The summed E-state index contributed by atoms with van der Waals surface area (Å²) in [4.78, 5) is 46.5. The summed E-state index contributed by atoms with van der Waals surface area (Å²) in [5, 5.41) is 9.02. The van der Waals surface area contributed by atoms with Gasteiger partial charge >= 0.3 is 23.9 Å². The molecule has 0 aliphatic rings. The molecule has 0 heterocycles. The van der Waals surface area contributed by atoms with E-state index in [1.807, 2.05) is 0 Å². The maximum Gasteiger partial charge on any atom is 0.338 e. The molecule has 234 valence electrons. The number of carbonyl (C=O) groups excluding carboxylic acids is 3. The number of benzene rings is 4. The second kappa shape index (κ2) is 15.1. The van der Waals surface area contributed by atoms with Crippen LogP contribution in [0.4, 0.5) is 8.78 Å². The van der Waals surface area contributed by atoms with Crippen molar-refractivity contribution in [3.8, 4) is 33.8 Å². The molecule has 1 N–H and O–H groups in total. The van der Waals surface area contributed by atoms with Crippen LogP contribution < -0.4 is 9.47 Å². The lowest BCUT2D eigenvalue weighted by Crippen LogP contribution is -2.08. The van der Waals surface area contributed by atoms with Crippen LogP contribution in [0, 0.1) is 11.6 Å². The lowest BCUT2D eigenvalue weighted by atomic mass is 9.96. The van der Waals surface area contributed by atoms with E-state index < -0.39 is 35.5 Å². The first-order valence-corrected chi connectivity index (χ1v) is 12.9. The number of halogens is 2. The van der Waals surface area contributed by atoms with E-state index in [2.05, 4.69) is 9.47 Å². The summed E-state index contributed by atoms with van der Waals surface area (Å²) in [5.74, 6) is -3.47. The average molecular weight is 623 g/mol. The van der Waals surface area contributed by atoms with Crippen LogP contribution in [-0.2, 0) is 14.2 Å². The number of carbonyl (C=O) groups is 4. The molecule has 12 heteroatoms. The first-order valence-electron chi connectivity index (χ1n) is 12.9. The molecule has 0 fully saturated rings. The van der Waals surface area contributed by atoms with Gasteiger partial charge in [-0.05, 0) is 71.8 Å². The molecule has 0 aromatic heterocycles. The largest absolute Gasteiger partial charge is 0.497 e. The van der Waals surface area contributed by atoms with E-state index >= 15 is 0 Å². The van der Waals surface area contributed by atoms with E-state index in [9.17, 15) is 28.0 Å². The van der Waals surface area contributed by atoms with Gasteiger partial charge < -0.3 is 28.8 Å². The molecule has 0 atom stereocenters. The molecule has 0 saturated heterocycles. The number of carboxylic acid groups (broad SMARTS) is 1. The third kappa shape index (κ3) is 7.79. The fourth-order valence-corrected chi connectivity index (χ4v) is 4.17. The molecule has 45 heavy (non-hydrogen) atoms. The normalized spacial score (nSPS) is 10.1. The van der Waals surface area contributed by atoms with Gasteiger partial charge in [0.15, 0.2) is 0 Å². The molecule has 0 unspecified atom stereocenters. The summed E-state index contributed by atoms with van der Waals surface area (Å²) in [6, 6.07) is 16.3. The molecule has 0 radical (unpaired) electrons. The minimum absolute atomic E-state index is 0.0328. The van der Waals surface area contributed by atoms with Gasteiger partial charge in [0.2, 0.25) is 0 Å². The average Bonchev–Trinajstić information content (AvgIpc) is 3.07. The molecule has 0 amide bonds. The van der Waals surface area contributed by atoms with E-state index in [1.54, 1.807) is 0 Å². The van der Waals surface area contributed by atoms with Crippen LogP contribution in [0.2, 0.25) is 0 Å². The zero-order valence-electron chi connectivity index (χ0n) is 24.8. The van der Waals surface area contributed by atoms with Gasteiger partial charge in [0.1, 0.15) is 23.1 Å². The Morgan fingerprint density at radius 3 is 1.29 bits per heavy atom. The van der Waals surface area contributed by atoms with Crippen molar-refractivity contribution < 1.29 is 56.7 Å². The molecule has 4 aromatic rings. The lowest BCUT2D eigenvalue weighted by molar-refractivity contribution is 0.0587. The number of hydrogen-bond donors (Lipinski definition) is 1. The Bertz CT molecular complexity index is 1750. The third-order valence-corrected chi connectivity index (χ3v) is 6.45. The highest BCUT2D eigenvalue weighted by Crippen LogP contribution is 2.32. The predicted octanol–water partition coefficient (Wildman–Crippen LogP) is 6.06. The number of esters is 3. The quantitative estimate of drug-likeness (QED) is 0.183. The fraction of sp³-hybridized carbons (Fsp3) is 0.152. The van der Waals surface area contributed by atoms with Crippen LogP contribution in [0.5, 0.6) is 11.5 Å². The Labute approximate surface area is 256 Å². The monoisotopic (exact) mass is 622 g/mol. The molecule has 4 rings (SSSR count). The number of ether oxygens (including phenoxy) is 5. The van der Waals surface area contributed by atoms with E-state index in [4.69, 9.17) is 19.3 Å². The number of methoxy groups -OCH3 is 5. The van der Waals surface area contributed by atoms with Gasteiger partial charge in [-0.1, -0.05) is 12.1 Å². The highest BCUT2D eigenvalue weighted by Gasteiger charge is 2.21. The highest BCUT2D eigenvalue weighted by molar-refractivity contribution is 6.02. The fourth-order valence-electron chi connectivity index (χ4n) is 4.17. The Morgan fingerprint density at radius 2 is 0.911 bits per heavy atom. The van der Waals surface area contributed by atoms with Gasteiger partial charge in [-0.25, -0.2) is 28.0 Å². The summed E-state index contributed by atoms with van der Waals surface area (Å²) >= 11 is 0. The minimum Gasteiger partial charge on any atom is -0.497 e. The summed E-state index contributed by atoms with van der Waals surface area (Å²) in [5.41, 5.74) is 0.913. The van der Waals surface area contributed by atoms with Gasteiger partial charge in [-0.2, -0.15) is 0 Å². The van der Waals surface area contributed by atoms with E-state index in [1.165, 1.54) is 102 Å². The van der Waals surface area contributed by atoms with Crippen LogP contribution >= 0.6 is 0 Å². The van der Waals surface area contributed by atoms with Crippen LogP contribution in [0.15, 0.2) is 72.8 Å². The van der Waals surface area contributed by atoms with Gasteiger partial charge in [0.05, 0.1) is 57.8 Å². The summed E-state index contributed by atoms with van der Waals surface area (Å²) < 4.78 is 52.4. The molecule has 0 bridgehead atoms. The molecule has 0 aliphatic carbocycles. The molecule has 4 aromatic carbocycles. The van der Waals surface area contributed by atoms with Crippen LogP contribution in [0.1, 0.15) is 41.4 Å². The second-order valence-corrected chi connectivity index (χ2v) is 8.99. The Balaban J connectivity index is 0.000000246. The van der Waals surface area contributed by atoms with Crippen molar-refractivity contribution >= 4 is 23.9 Å². The number of rotatable bonds is 8. The first kappa shape index (κ1) is 33.7. The van der Waals surface area contributed by atoms with E-state index in [0.717, 1.165) is 6.07 Å². The van der Waals surface area contributed by atoms with Gasteiger partial charge in [0.25, 0.3) is 0 Å². The first-order chi connectivity index (χ1) is 21.5. The lowest BCUT2D eigenvalue weighted by Gasteiger charge is -2.12. The molecule has 10 nitrogen and oxygen atoms in total. The Morgan fingerprint density at radius 1 is 0.511 bits per heavy atom. The maximum absolute atomic E-state index is 14.2. The highest BCUT2D eigenvalue weighted by atomic mass is 19.1. The van der Waals surface area contributed by atoms with E-state index in [-0.39, 0.29) is 38.9 Å². The van der Waals surface area contributed by atoms with Crippen molar-refractivity contribution in [3.63, 3.8) is 0 Å². The van der Waals surface area contributed by atoms with Crippen LogP contribution in [0.25, 0.3) is 22.3 Å². The summed E-state index contributed by atoms with van der Waals surface area (Å²) in [6.07, 6.45) is 0. The van der Waals surface area contributed by atoms with Crippen molar-refractivity contribution in [1.82, 2.24) is 0 Å². The molecule has 0 saturated carbocycles. The SMILES string of the molecule is COC(=O)c1cc(C(=O)O)ccc1-c1cc(OC)ccc1F.COC(=O)c1ccc(-c2cc(OC)ccc2F)c(C(=O)OC)c1. The summed E-state index contributed by atoms with van der Waals surface area (Å²) in [7, 11) is 6.50. The number of aromatic carboxylic acids is 1. The summed E-state index contributed by atoms with van der Waals surface area (Å²) in [6.45, 7) is 0. The Hall–Kier alpha value is -5.78. The van der Waals surface area contributed by atoms with Crippen molar-refractivity contribution in [2.24, 2.45) is 0 Å². The van der Waals surface area contributed by atoms with Gasteiger partial charge in [0, 0.05) is 11.1 Å². The predicted molar refractivity (Wildman–Crippen MR) is 158 cm³/mol. The van der Waals surface area contributed by atoms with E-state index in [0.29, 0.717) is 17.1 Å². The number of hydrogen-bond acceptors (Lipinski definition) is 9. The minimum atomic E-state index is -1.19. The zero-order chi connectivity index (χ0) is 33.3. The number of carboxylic acids is 1. The van der Waals surface area contributed by atoms with Gasteiger partial charge in [-0.15, -0.1) is 0 Å². The van der Waals surface area contributed by atoms with Gasteiger partial charge in [-0.3, -0.25) is 0 Å². The zero-order valence-corrected chi connectivity index (χ0v) is 24.8. The van der Waals surface area contributed by atoms with Crippen LogP contribution in [0.3, 0.4) is 0 Å². The molecular weight excluding hydrogens is 594 g/mol. The molecular formula is C33H28F2O10. The Kier molecular flexibility index (Phi) is 11.3. The van der Waals surface area contributed by atoms with Crippen molar-refractivity contribution in [1.29, 1.82) is 0 Å². The topological polar surface area (TPSA) is 135 Å². The molecule has 0 spiro atoms. The second-order valence-electron chi connectivity index (χ2n) is 8.99. The smallest absolute Gasteiger partial charge is 0.338 e. The van der Waals surface area contributed by atoms with Crippen molar-refractivity contribution in [3.05, 3.63) is 107 Å². The maximum atomic E-state index is 14.2. The standard InChI is InChI=1S/C17H15FO5.C16H13FO5/c1-21-11-5-7-15(18)13(9-11)12-6-4-10(16(19)22-2)8-14(12)17(20)23-3;1-21-10-4-6-14(17)12(8-10)11-5-3-9(15(18)19)7-13(11)16(20)22-2/h4-9H,1-3H3;3-8H,1-2H3,(H,18,19). The van der Waals surface area contributed by atoms with Crippen LogP contribution in [-0.4, -0.2) is 64.5 Å². The van der Waals surface area contributed by atoms with Crippen molar-refractivity contribution in [2.75, 3.05) is 35.5 Å². The third-order valence-electron chi connectivity index (χ3n) is 6.45. The van der Waals surface area contributed by atoms with Crippen molar-refractivity contribution in [2.45, 2.75) is 0 Å². The molecule has 0 aliphatic heterocycles.